The Hall–Kier alpha value is -2.18. The van der Waals surface area contributed by atoms with Crippen molar-refractivity contribution in [2.75, 3.05) is 19.0 Å². The molecule has 0 saturated carbocycles. The van der Waals surface area contributed by atoms with E-state index >= 15 is 0 Å². The van der Waals surface area contributed by atoms with Crippen LogP contribution in [0.3, 0.4) is 0 Å². The Balaban J connectivity index is 2.42. The van der Waals surface area contributed by atoms with Crippen molar-refractivity contribution in [2.45, 2.75) is 13.8 Å². The van der Waals surface area contributed by atoms with Gasteiger partial charge in [-0.2, -0.15) is 20.1 Å². The molecule has 2 rings (SSSR count). The summed E-state index contributed by atoms with van der Waals surface area (Å²) in [5.74, 6) is 0.906. The number of rotatable bonds is 4. The maximum Gasteiger partial charge on any atom is 0.322 e. The second-order valence-corrected chi connectivity index (χ2v) is 3.38. The van der Waals surface area contributed by atoms with Crippen LogP contribution in [0.1, 0.15) is 12.6 Å². The van der Waals surface area contributed by atoms with Gasteiger partial charge in [-0.05, 0) is 19.9 Å². The number of ether oxygens (including phenoxy) is 1. The summed E-state index contributed by atoms with van der Waals surface area (Å²) in [5, 5.41) is 7.25. The minimum atomic E-state index is 0.263. The molecule has 1 N–H and O–H groups in total. The van der Waals surface area contributed by atoms with Crippen molar-refractivity contribution >= 4 is 5.95 Å². The summed E-state index contributed by atoms with van der Waals surface area (Å²) in [6, 6.07) is 2.14. The zero-order valence-electron chi connectivity index (χ0n) is 10.0. The van der Waals surface area contributed by atoms with Gasteiger partial charge < -0.3 is 10.1 Å². The van der Waals surface area contributed by atoms with Gasteiger partial charge in [0, 0.05) is 12.7 Å². The molecule has 0 aliphatic rings. The molecule has 0 bridgehead atoms. The van der Waals surface area contributed by atoms with Crippen molar-refractivity contribution in [3.8, 4) is 12.0 Å². The third kappa shape index (κ3) is 2.49. The van der Waals surface area contributed by atoms with E-state index in [1.165, 1.54) is 7.11 Å². The Kier molecular flexibility index (Phi) is 3.17. The molecule has 0 saturated heterocycles. The van der Waals surface area contributed by atoms with Gasteiger partial charge in [-0.3, -0.25) is 0 Å². The van der Waals surface area contributed by atoms with E-state index in [2.05, 4.69) is 25.4 Å². The fraction of sp³-hybridized carbons (Fsp3) is 0.400. The van der Waals surface area contributed by atoms with Crippen LogP contribution in [0.15, 0.2) is 12.3 Å². The van der Waals surface area contributed by atoms with E-state index in [4.69, 9.17) is 4.74 Å². The molecule has 0 unspecified atom stereocenters. The van der Waals surface area contributed by atoms with Crippen LogP contribution in [0.25, 0.3) is 5.95 Å². The molecule has 7 heteroatoms. The number of methoxy groups -OCH3 is 1. The summed E-state index contributed by atoms with van der Waals surface area (Å²) < 4.78 is 6.61. The fourth-order valence-electron chi connectivity index (χ4n) is 1.30. The highest BCUT2D eigenvalue weighted by atomic mass is 16.5. The molecule has 2 aromatic heterocycles. The van der Waals surface area contributed by atoms with Gasteiger partial charge in [0.25, 0.3) is 5.95 Å². The van der Waals surface area contributed by atoms with Gasteiger partial charge >= 0.3 is 6.01 Å². The maximum absolute atomic E-state index is 5.03. The Morgan fingerprint density at radius 2 is 2.18 bits per heavy atom. The average molecular weight is 234 g/mol. The van der Waals surface area contributed by atoms with Crippen LogP contribution in [0.5, 0.6) is 6.01 Å². The van der Waals surface area contributed by atoms with Crippen LogP contribution < -0.4 is 10.1 Å². The number of nitrogens with zero attached hydrogens (tertiary/aromatic N) is 5. The van der Waals surface area contributed by atoms with E-state index in [1.807, 2.05) is 19.9 Å². The van der Waals surface area contributed by atoms with E-state index in [0.717, 1.165) is 12.2 Å². The predicted molar refractivity (Wildman–Crippen MR) is 62.4 cm³/mol. The monoisotopic (exact) mass is 234 g/mol. The summed E-state index contributed by atoms with van der Waals surface area (Å²) >= 11 is 0. The molecule has 2 aromatic rings. The molecule has 0 radical (unpaired) electrons. The van der Waals surface area contributed by atoms with Gasteiger partial charge in [0.15, 0.2) is 0 Å². The minimum Gasteiger partial charge on any atom is -0.467 e. The summed E-state index contributed by atoms with van der Waals surface area (Å²) in [6.07, 6.45) is 1.79. The van der Waals surface area contributed by atoms with Crippen LogP contribution in [-0.4, -0.2) is 38.4 Å². The van der Waals surface area contributed by atoms with Crippen molar-refractivity contribution in [1.29, 1.82) is 0 Å². The van der Waals surface area contributed by atoms with Crippen LogP contribution >= 0.6 is 0 Å². The maximum atomic E-state index is 5.03. The first kappa shape index (κ1) is 11.3. The van der Waals surface area contributed by atoms with Gasteiger partial charge in [0.1, 0.15) is 0 Å². The smallest absolute Gasteiger partial charge is 0.322 e. The average Bonchev–Trinajstić information content (AvgIpc) is 2.76. The quantitative estimate of drug-likeness (QED) is 0.843. The van der Waals surface area contributed by atoms with Crippen molar-refractivity contribution < 1.29 is 4.74 Å². The second-order valence-electron chi connectivity index (χ2n) is 3.38. The third-order valence-corrected chi connectivity index (χ3v) is 2.05. The molecule has 90 valence electrons. The lowest BCUT2D eigenvalue weighted by molar-refractivity contribution is 0.377. The second kappa shape index (κ2) is 4.77. The molecule has 0 aliphatic carbocycles. The van der Waals surface area contributed by atoms with E-state index in [0.29, 0.717) is 11.9 Å². The molecule has 0 fully saturated rings. The number of hydrogen-bond acceptors (Lipinski definition) is 6. The highest BCUT2D eigenvalue weighted by molar-refractivity contribution is 5.29. The molecule has 7 nitrogen and oxygen atoms in total. The lowest BCUT2D eigenvalue weighted by Crippen LogP contribution is -2.10. The Bertz CT molecular complexity index is 509. The molecule has 0 spiro atoms. The summed E-state index contributed by atoms with van der Waals surface area (Å²) in [6.45, 7) is 4.60. The molecule has 2 heterocycles. The van der Waals surface area contributed by atoms with Gasteiger partial charge in [0.05, 0.1) is 12.8 Å². The largest absolute Gasteiger partial charge is 0.467 e. The lowest BCUT2D eigenvalue weighted by Gasteiger charge is -2.06. The Morgan fingerprint density at radius 1 is 1.35 bits per heavy atom. The highest BCUT2D eigenvalue weighted by Gasteiger charge is 2.08. The van der Waals surface area contributed by atoms with Gasteiger partial charge in [0.2, 0.25) is 5.95 Å². The molecule has 0 aliphatic heterocycles. The molecular formula is C10H14N6O. The first-order valence-electron chi connectivity index (χ1n) is 5.29. The molecule has 17 heavy (non-hydrogen) atoms. The zero-order valence-corrected chi connectivity index (χ0v) is 10.0. The third-order valence-electron chi connectivity index (χ3n) is 2.05. The van der Waals surface area contributed by atoms with E-state index in [-0.39, 0.29) is 6.01 Å². The van der Waals surface area contributed by atoms with Crippen LogP contribution in [0.4, 0.5) is 5.95 Å². The standard InChI is InChI=1S/C10H14N6O/c1-4-11-8-12-9(14-10(13-8)17-3)16-6-5-7(2)15-16/h5-6H,4H2,1-3H3,(H,11,12,13,14). The minimum absolute atomic E-state index is 0.263. The molecule has 0 amide bonds. The number of aromatic nitrogens is 5. The number of hydrogen-bond donors (Lipinski definition) is 1. The topological polar surface area (TPSA) is 77.8 Å². The van der Waals surface area contributed by atoms with E-state index < -0.39 is 0 Å². The summed E-state index contributed by atoms with van der Waals surface area (Å²) in [7, 11) is 1.52. The van der Waals surface area contributed by atoms with Crippen molar-refractivity contribution in [3.63, 3.8) is 0 Å². The highest BCUT2D eigenvalue weighted by Crippen LogP contribution is 2.10. The number of anilines is 1. The molecular weight excluding hydrogens is 220 g/mol. The SMILES string of the molecule is CCNc1nc(OC)nc(-n2ccc(C)n2)n1. The number of aryl methyl sites for hydroxylation is 1. The van der Waals surface area contributed by atoms with Gasteiger partial charge in [-0.25, -0.2) is 4.68 Å². The lowest BCUT2D eigenvalue weighted by atomic mass is 10.5. The Morgan fingerprint density at radius 3 is 2.76 bits per heavy atom. The molecule has 0 aromatic carbocycles. The normalized spacial score (nSPS) is 10.3. The van der Waals surface area contributed by atoms with E-state index in [9.17, 15) is 0 Å². The molecule has 0 atom stereocenters. The van der Waals surface area contributed by atoms with Crippen LogP contribution in [0.2, 0.25) is 0 Å². The summed E-state index contributed by atoms with van der Waals surface area (Å²) in [4.78, 5) is 12.5. The van der Waals surface area contributed by atoms with Crippen molar-refractivity contribution in [1.82, 2.24) is 24.7 Å². The Labute approximate surface area is 98.9 Å². The first-order chi connectivity index (χ1) is 8.22. The predicted octanol–water partition coefficient (Wildman–Crippen LogP) is 0.806. The van der Waals surface area contributed by atoms with Gasteiger partial charge in [-0.1, -0.05) is 0 Å². The number of nitrogens with one attached hydrogen (secondary N) is 1. The van der Waals surface area contributed by atoms with Crippen molar-refractivity contribution in [3.05, 3.63) is 18.0 Å². The first-order valence-corrected chi connectivity index (χ1v) is 5.29. The van der Waals surface area contributed by atoms with Crippen molar-refractivity contribution in [2.24, 2.45) is 0 Å². The zero-order chi connectivity index (χ0) is 12.3. The summed E-state index contributed by atoms with van der Waals surface area (Å²) in [5.41, 5.74) is 0.898. The van der Waals surface area contributed by atoms with Crippen LogP contribution in [0, 0.1) is 6.92 Å². The van der Waals surface area contributed by atoms with E-state index in [1.54, 1.807) is 10.9 Å². The van der Waals surface area contributed by atoms with Gasteiger partial charge in [-0.15, -0.1) is 0 Å². The fourth-order valence-corrected chi connectivity index (χ4v) is 1.30. The van der Waals surface area contributed by atoms with Crippen LogP contribution in [-0.2, 0) is 0 Å².